The molecule has 1 aromatic carbocycles. The number of aliphatic carboxylic acids is 1. The van der Waals surface area contributed by atoms with E-state index >= 15 is 0 Å². The molecule has 1 aromatic heterocycles. The first-order valence-corrected chi connectivity index (χ1v) is 9.11. The van der Waals surface area contributed by atoms with Crippen LogP contribution in [0.15, 0.2) is 52.0 Å². The van der Waals surface area contributed by atoms with Gasteiger partial charge in [0.1, 0.15) is 10.1 Å². The molecule has 0 aliphatic carbocycles. The Balaban J connectivity index is 1.76. The van der Waals surface area contributed by atoms with Crippen molar-refractivity contribution in [2.75, 3.05) is 11.4 Å². The lowest BCUT2D eigenvalue weighted by molar-refractivity contribution is -0.303. The van der Waals surface area contributed by atoms with E-state index in [4.69, 9.17) is 16.6 Å². The summed E-state index contributed by atoms with van der Waals surface area (Å²) in [5.41, 5.74) is 1.09. The SMILES string of the molecule is O=C([O-])CN1C(=O)/C(=C2\SC(=S)N(Cc3ccco3)C2=O)c2ccccc21. The highest BCUT2D eigenvalue weighted by atomic mass is 32.2. The van der Waals surface area contributed by atoms with E-state index in [2.05, 4.69) is 0 Å². The maximum Gasteiger partial charge on any atom is 0.267 e. The molecule has 27 heavy (non-hydrogen) atoms. The van der Waals surface area contributed by atoms with Crippen LogP contribution in [0.3, 0.4) is 0 Å². The molecule has 2 amide bonds. The fourth-order valence-corrected chi connectivity index (χ4v) is 4.36. The van der Waals surface area contributed by atoms with Crippen LogP contribution in [0.2, 0.25) is 0 Å². The molecule has 7 nitrogen and oxygen atoms in total. The molecule has 1 saturated heterocycles. The Labute approximate surface area is 163 Å². The number of furan rings is 1. The number of rotatable bonds is 4. The topological polar surface area (TPSA) is 93.9 Å². The number of hydrogen-bond donors (Lipinski definition) is 0. The van der Waals surface area contributed by atoms with E-state index in [1.54, 1.807) is 36.4 Å². The lowest BCUT2D eigenvalue weighted by Crippen LogP contribution is -2.39. The van der Waals surface area contributed by atoms with Crippen molar-refractivity contribution >= 4 is 57.3 Å². The van der Waals surface area contributed by atoms with Gasteiger partial charge in [-0.25, -0.2) is 0 Å². The third kappa shape index (κ3) is 2.94. The minimum absolute atomic E-state index is 0.158. The average Bonchev–Trinajstić information content (AvgIpc) is 3.31. The van der Waals surface area contributed by atoms with Crippen LogP contribution < -0.4 is 10.0 Å². The first-order valence-electron chi connectivity index (χ1n) is 7.89. The molecule has 2 aliphatic heterocycles. The van der Waals surface area contributed by atoms with E-state index in [0.29, 0.717) is 21.3 Å². The second-order valence-corrected chi connectivity index (χ2v) is 7.47. The zero-order chi connectivity index (χ0) is 19.1. The first-order chi connectivity index (χ1) is 13.0. The van der Waals surface area contributed by atoms with E-state index in [-0.39, 0.29) is 17.0 Å². The standard InChI is InChI=1S/C18H12N2O5S2/c21-13(22)9-19-12-6-2-1-5-11(12)14(16(19)23)15-17(24)20(18(26)27-15)8-10-4-3-7-25-10/h1-7H,8-9H2,(H,21,22)/p-1/b15-14-. The molecule has 1 fully saturated rings. The molecule has 4 rings (SSSR count). The van der Waals surface area contributed by atoms with E-state index in [0.717, 1.165) is 16.7 Å². The largest absolute Gasteiger partial charge is 0.548 e. The van der Waals surface area contributed by atoms with Gasteiger partial charge < -0.3 is 19.2 Å². The second kappa shape index (κ2) is 6.67. The fraction of sp³-hybridized carbons (Fsp3) is 0.111. The van der Waals surface area contributed by atoms with Crippen molar-refractivity contribution in [2.45, 2.75) is 6.54 Å². The molecule has 2 aromatic rings. The Kier molecular flexibility index (Phi) is 4.33. The molecule has 0 unspecified atom stereocenters. The summed E-state index contributed by atoms with van der Waals surface area (Å²) in [6.07, 6.45) is 1.50. The number of carboxylic acid groups (broad SMARTS) is 1. The number of carbonyl (C=O) groups excluding carboxylic acids is 3. The number of carboxylic acids is 1. The minimum Gasteiger partial charge on any atom is -0.548 e. The van der Waals surface area contributed by atoms with Gasteiger partial charge in [-0.15, -0.1) is 0 Å². The first kappa shape index (κ1) is 17.5. The van der Waals surface area contributed by atoms with Gasteiger partial charge in [0.2, 0.25) is 0 Å². The summed E-state index contributed by atoms with van der Waals surface area (Å²) in [6, 6.07) is 10.2. The molecular formula is C18H11N2O5S2-. The average molecular weight is 399 g/mol. The molecule has 3 heterocycles. The summed E-state index contributed by atoms with van der Waals surface area (Å²) in [5.74, 6) is -1.78. The molecular weight excluding hydrogens is 388 g/mol. The quantitative estimate of drug-likeness (QED) is 0.562. The van der Waals surface area contributed by atoms with Crippen molar-refractivity contribution in [1.29, 1.82) is 0 Å². The van der Waals surface area contributed by atoms with Gasteiger partial charge in [-0.3, -0.25) is 14.5 Å². The molecule has 0 saturated carbocycles. The van der Waals surface area contributed by atoms with Crippen LogP contribution in [0.1, 0.15) is 11.3 Å². The number of amides is 2. The minimum atomic E-state index is -1.38. The zero-order valence-corrected chi connectivity index (χ0v) is 15.3. The van der Waals surface area contributed by atoms with Crippen molar-refractivity contribution in [1.82, 2.24) is 4.90 Å². The van der Waals surface area contributed by atoms with Crippen LogP contribution in [0.4, 0.5) is 5.69 Å². The van der Waals surface area contributed by atoms with Crippen molar-refractivity contribution in [3.05, 3.63) is 58.9 Å². The van der Waals surface area contributed by atoms with E-state index < -0.39 is 24.3 Å². The van der Waals surface area contributed by atoms with Gasteiger partial charge in [-0.1, -0.05) is 42.2 Å². The zero-order valence-electron chi connectivity index (χ0n) is 13.7. The maximum absolute atomic E-state index is 12.9. The van der Waals surface area contributed by atoms with Crippen molar-refractivity contribution in [3.63, 3.8) is 0 Å². The molecule has 2 aliphatic rings. The Morgan fingerprint density at radius 2 is 1.89 bits per heavy atom. The summed E-state index contributed by atoms with van der Waals surface area (Å²) in [6.45, 7) is -0.431. The van der Waals surface area contributed by atoms with Gasteiger partial charge in [0.05, 0.1) is 41.5 Å². The maximum atomic E-state index is 12.9. The number of nitrogens with zero attached hydrogens (tertiary/aromatic N) is 2. The van der Waals surface area contributed by atoms with Gasteiger partial charge in [0, 0.05) is 5.56 Å². The van der Waals surface area contributed by atoms with Crippen molar-refractivity contribution in [3.8, 4) is 0 Å². The molecule has 0 N–H and O–H groups in total. The summed E-state index contributed by atoms with van der Waals surface area (Å²) >= 11 is 6.33. The van der Waals surface area contributed by atoms with Crippen LogP contribution in [0.5, 0.6) is 0 Å². The monoisotopic (exact) mass is 399 g/mol. The van der Waals surface area contributed by atoms with Gasteiger partial charge in [-0.05, 0) is 18.2 Å². The summed E-state index contributed by atoms with van der Waals surface area (Å²) in [4.78, 5) is 39.5. The van der Waals surface area contributed by atoms with Crippen molar-refractivity contribution < 1.29 is 23.9 Å². The Morgan fingerprint density at radius 1 is 1.11 bits per heavy atom. The third-order valence-electron chi connectivity index (χ3n) is 4.18. The molecule has 136 valence electrons. The predicted molar refractivity (Wildman–Crippen MR) is 100 cm³/mol. The Morgan fingerprint density at radius 3 is 2.59 bits per heavy atom. The van der Waals surface area contributed by atoms with Gasteiger partial charge in [0.25, 0.3) is 11.8 Å². The number of thioether (sulfide) groups is 1. The molecule has 0 radical (unpaired) electrons. The van der Waals surface area contributed by atoms with Crippen LogP contribution in [0.25, 0.3) is 5.57 Å². The van der Waals surface area contributed by atoms with Crippen molar-refractivity contribution in [2.24, 2.45) is 0 Å². The van der Waals surface area contributed by atoms with Gasteiger partial charge in [-0.2, -0.15) is 0 Å². The number of anilines is 1. The highest BCUT2D eigenvalue weighted by molar-refractivity contribution is 8.26. The molecule has 9 heteroatoms. The smallest absolute Gasteiger partial charge is 0.267 e. The highest BCUT2D eigenvalue weighted by Gasteiger charge is 2.42. The number of carbonyl (C=O) groups is 3. The lowest BCUT2D eigenvalue weighted by atomic mass is 10.1. The summed E-state index contributed by atoms with van der Waals surface area (Å²) < 4.78 is 5.57. The highest BCUT2D eigenvalue weighted by Crippen LogP contribution is 2.44. The third-order valence-corrected chi connectivity index (χ3v) is 5.63. The predicted octanol–water partition coefficient (Wildman–Crippen LogP) is 1.15. The molecule has 0 atom stereocenters. The second-order valence-electron chi connectivity index (χ2n) is 5.82. The Bertz CT molecular complexity index is 1010. The number of benzene rings is 1. The van der Waals surface area contributed by atoms with Gasteiger partial charge >= 0.3 is 0 Å². The van der Waals surface area contributed by atoms with Crippen LogP contribution >= 0.6 is 24.0 Å². The van der Waals surface area contributed by atoms with Crippen LogP contribution in [-0.4, -0.2) is 33.5 Å². The summed E-state index contributed by atoms with van der Waals surface area (Å²) in [7, 11) is 0. The molecule has 0 spiro atoms. The number of hydrogen-bond acceptors (Lipinski definition) is 7. The normalized spacial score (nSPS) is 19.2. The number of thiocarbonyl (C=S) groups is 1. The van der Waals surface area contributed by atoms with E-state index in [9.17, 15) is 19.5 Å². The summed E-state index contributed by atoms with van der Waals surface area (Å²) in [5, 5.41) is 11.1. The fourth-order valence-electron chi connectivity index (χ4n) is 3.03. The van der Waals surface area contributed by atoms with E-state index in [1.165, 1.54) is 11.2 Å². The lowest BCUT2D eigenvalue weighted by Gasteiger charge is -2.17. The van der Waals surface area contributed by atoms with Gasteiger partial charge in [0.15, 0.2) is 0 Å². The Hall–Kier alpha value is -2.91. The van der Waals surface area contributed by atoms with E-state index in [1.807, 2.05) is 0 Å². The molecule has 0 bridgehead atoms. The number of fused-ring (bicyclic) bond motifs is 1. The van der Waals surface area contributed by atoms with Crippen LogP contribution in [-0.2, 0) is 20.9 Å². The van der Waals surface area contributed by atoms with Crippen LogP contribution in [0, 0.1) is 0 Å². The number of para-hydroxylation sites is 1.